The van der Waals surface area contributed by atoms with E-state index in [1.54, 1.807) is 0 Å². The zero-order valence-electron chi connectivity index (χ0n) is 9.97. The van der Waals surface area contributed by atoms with Crippen molar-refractivity contribution in [2.45, 2.75) is 12.1 Å². The van der Waals surface area contributed by atoms with E-state index in [2.05, 4.69) is 0 Å². The summed E-state index contributed by atoms with van der Waals surface area (Å²) < 4.78 is 31.3. The molecule has 1 aromatic rings. The smallest absolute Gasteiger partial charge is 0.335 e. The van der Waals surface area contributed by atoms with Gasteiger partial charge in [-0.25, -0.2) is 13.6 Å². The molecule has 5 nitrogen and oxygen atoms in total. The minimum Gasteiger partial charge on any atom is -0.479 e. The summed E-state index contributed by atoms with van der Waals surface area (Å²) in [6.07, 6.45) is -1.36. The minimum absolute atomic E-state index is 0.0421. The molecule has 1 aliphatic rings. The molecular formula is C12H11F2NO4. The Hall–Kier alpha value is -2.02. The number of carboxylic acid groups (broad SMARTS) is 1. The van der Waals surface area contributed by atoms with Crippen LogP contribution in [0.3, 0.4) is 0 Å². The van der Waals surface area contributed by atoms with Crippen molar-refractivity contribution in [3.8, 4) is 0 Å². The van der Waals surface area contributed by atoms with Gasteiger partial charge in [-0.2, -0.15) is 0 Å². The molecule has 102 valence electrons. The van der Waals surface area contributed by atoms with Crippen LogP contribution in [0.5, 0.6) is 0 Å². The molecule has 1 aromatic carbocycles. The first kappa shape index (κ1) is 13.4. The van der Waals surface area contributed by atoms with Gasteiger partial charge in [0.2, 0.25) is 5.91 Å². The lowest BCUT2D eigenvalue weighted by atomic mass is 9.98. The highest BCUT2D eigenvalue weighted by Crippen LogP contribution is 2.30. The summed E-state index contributed by atoms with van der Waals surface area (Å²) >= 11 is 0. The molecule has 0 aliphatic carbocycles. The normalized spacial score (nSPS) is 23.5. The fraction of sp³-hybridized carbons (Fsp3) is 0.333. The first-order valence-electron chi connectivity index (χ1n) is 5.46. The highest BCUT2D eigenvalue weighted by atomic mass is 19.1. The number of aliphatic carboxylic acids is 1. The summed E-state index contributed by atoms with van der Waals surface area (Å²) in [5.74, 6) is -3.43. The molecule has 1 N–H and O–H groups in total. The number of rotatable bonds is 2. The number of ether oxygens (including phenoxy) is 1. The number of halogens is 2. The number of amides is 1. The van der Waals surface area contributed by atoms with Gasteiger partial charge in [-0.15, -0.1) is 0 Å². The van der Waals surface area contributed by atoms with Crippen LogP contribution in [0.1, 0.15) is 11.6 Å². The molecular weight excluding hydrogens is 260 g/mol. The maximum absolute atomic E-state index is 13.2. The molecule has 0 spiro atoms. The van der Waals surface area contributed by atoms with Crippen LogP contribution < -0.4 is 0 Å². The van der Waals surface area contributed by atoms with Gasteiger partial charge in [0.25, 0.3) is 0 Å². The summed E-state index contributed by atoms with van der Waals surface area (Å²) in [5.41, 5.74) is 0.0421. The lowest BCUT2D eigenvalue weighted by Crippen LogP contribution is -2.50. The van der Waals surface area contributed by atoms with Crippen LogP contribution in [-0.4, -0.2) is 41.6 Å². The number of benzene rings is 1. The van der Waals surface area contributed by atoms with Crippen LogP contribution in [0, 0.1) is 11.6 Å². The van der Waals surface area contributed by atoms with Crippen LogP contribution in [0.4, 0.5) is 8.78 Å². The third kappa shape index (κ3) is 2.55. The van der Waals surface area contributed by atoms with Crippen LogP contribution >= 0.6 is 0 Å². The van der Waals surface area contributed by atoms with E-state index < -0.39 is 35.7 Å². The molecule has 0 radical (unpaired) electrons. The quantitative estimate of drug-likeness (QED) is 0.869. The molecule has 1 fully saturated rings. The standard InChI is InChI=1S/C12H11F2NO4/c1-15-9(16)5-19-11(12(17)18)10(15)6-2-7(13)4-8(14)3-6/h2-4,10-11H,5H2,1H3,(H,17,18). The summed E-state index contributed by atoms with van der Waals surface area (Å²) in [7, 11) is 1.37. The van der Waals surface area contributed by atoms with Gasteiger partial charge in [-0.1, -0.05) is 0 Å². The van der Waals surface area contributed by atoms with Crippen LogP contribution in [0.2, 0.25) is 0 Å². The molecule has 19 heavy (non-hydrogen) atoms. The highest BCUT2D eigenvalue weighted by molar-refractivity contribution is 5.82. The van der Waals surface area contributed by atoms with Crippen molar-refractivity contribution < 1.29 is 28.2 Å². The number of likely N-dealkylation sites (N-methyl/N-ethyl adjacent to an activating group) is 1. The average molecular weight is 271 g/mol. The van der Waals surface area contributed by atoms with Gasteiger partial charge in [0, 0.05) is 13.1 Å². The summed E-state index contributed by atoms with van der Waals surface area (Å²) in [5, 5.41) is 9.06. The Labute approximate surface area is 107 Å². The first-order valence-corrected chi connectivity index (χ1v) is 5.46. The number of carbonyl (C=O) groups is 2. The van der Waals surface area contributed by atoms with E-state index in [0.29, 0.717) is 6.07 Å². The molecule has 1 saturated heterocycles. The van der Waals surface area contributed by atoms with E-state index in [4.69, 9.17) is 9.84 Å². The van der Waals surface area contributed by atoms with E-state index in [0.717, 1.165) is 17.0 Å². The molecule has 2 atom stereocenters. The predicted molar refractivity (Wildman–Crippen MR) is 59.2 cm³/mol. The fourth-order valence-electron chi connectivity index (χ4n) is 2.06. The van der Waals surface area contributed by atoms with Crippen molar-refractivity contribution in [1.82, 2.24) is 4.90 Å². The zero-order valence-corrected chi connectivity index (χ0v) is 9.97. The number of hydrogen-bond donors (Lipinski definition) is 1. The Morgan fingerprint density at radius 1 is 1.37 bits per heavy atom. The highest BCUT2D eigenvalue weighted by Gasteiger charge is 2.40. The second-order valence-corrected chi connectivity index (χ2v) is 4.22. The van der Waals surface area contributed by atoms with Crippen LogP contribution in [-0.2, 0) is 14.3 Å². The molecule has 1 amide bonds. The maximum Gasteiger partial charge on any atom is 0.335 e. The fourth-order valence-corrected chi connectivity index (χ4v) is 2.06. The topological polar surface area (TPSA) is 66.8 Å². The van der Waals surface area contributed by atoms with Gasteiger partial charge < -0.3 is 14.7 Å². The van der Waals surface area contributed by atoms with Gasteiger partial charge in [-0.05, 0) is 17.7 Å². The van der Waals surface area contributed by atoms with E-state index in [9.17, 15) is 18.4 Å². The largest absolute Gasteiger partial charge is 0.479 e. The Morgan fingerprint density at radius 3 is 2.47 bits per heavy atom. The van der Waals surface area contributed by atoms with Crippen LogP contribution in [0.25, 0.3) is 0 Å². The van der Waals surface area contributed by atoms with E-state index in [1.165, 1.54) is 7.05 Å². The van der Waals surface area contributed by atoms with Crippen molar-refractivity contribution in [1.29, 1.82) is 0 Å². The average Bonchev–Trinajstić information content (AvgIpc) is 2.30. The summed E-state index contributed by atoms with van der Waals surface area (Å²) in [6, 6.07) is 1.58. The number of carboxylic acids is 1. The second-order valence-electron chi connectivity index (χ2n) is 4.22. The van der Waals surface area contributed by atoms with E-state index in [1.807, 2.05) is 0 Å². The van der Waals surface area contributed by atoms with Crippen LogP contribution in [0.15, 0.2) is 18.2 Å². The third-order valence-electron chi connectivity index (χ3n) is 2.95. The van der Waals surface area contributed by atoms with Gasteiger partial charge in [0.15, 0.2) is 6.10 Å². The molecule has 1 aliphatic heterocycles. The molecule has 0 saturated carbocycles. The number of morpholine rings is 1. The van der Waals surface area contributed by atoms with Crippen molar-refractivity contribution in [2.75, 3.05) is 13.7 Å². The first-order chi connectivity index (χ1) is 8.90. The van der Waals surface area contributed by atoms with Gasteiger partial charge in [-0.3, -0.25) is 4.79 Å². The monoisotopic (exact) mass is 271 g/mol. The zero-order chi connectivity index (χ0) is 14.2. The maximum atomic E-state index is 13.2. The lowest BCUT2D eigenvalue weighted by molar-refractivity contribution is -0.171. The van der Waals surface area contributed by atoms with Crippen molar-refractivity contribution in [2.24, 2.45) is 0 Å². The molecule has 7 heteroatoms. The van der Waals surface area contributed by atoms with E-state index >= 15 is 0 Å². The molecule has 0 bridgehead atoms. The van der Waals surface area contributed by atoms with Gasteiger partial charge >= 0.3 is 5.97 Å². The Morgan fingerprint density at radius 2 is 1.95 bits per heavy atom. The van der Waals surface area contributed by atoms with Crippen molar-refractivity contribution in [3.63, 3.8) is 0 Å². The molecule has 1 heterocycles. The molecule has 2 unspecified atom stereocenters. The van der Waals surface area contributed by atoms with Gasteiger partial charge in [0.05, 0.1) is 6.04 Å². The number of carbonyl (C=O) groups excluding carboxylic acids is 1. The number of hydrogen-bond acceptors (Lipinski definition) is 3. The Balaban J connectivity index is 2.46. The van der Waals surface area contributed by atoms with Crippen molar-refractivity contribution in [3.05, 3.63) is 35.4 Å². The van der Waals surface area contributed by atoms with E-state index in [-0.39, 0.29) is 12.2 Å². The molecule has 2 rings (SSSR count). The summed E-state index contributed by atoms with van der Waals surface area (Å²) in [4.78, 5) is 23.8. The minimum atomic E-state index is -1.36. The number of nitrogens with zero attached hydrogens (tertiary/aromatic N) is 1. The lowest BCUT2D eigenvalue weighted by Gasteiger charge is -2.37. The Bertz CT molecular complexity index is 514. The Kier molecular flexibility index (Phi) is 3.48. The van der Waals surface area contributed by atoms with Gasteiger partial charge in [0.1, 0.15) is 18.2 Å². The summed E-state index contributed by atoms with van der Waals surface area (Å²) in [6.45, 7) is -0.373. The molecule has 0 aromatic heterocycles. The van der Waals surface area contributed by atoms with Crippen molar-refractivity contribution >= 4 is 11.9 Å². The third-order valence-corrected chi connectivity index (χ3v) is 2.95. The predicted octanol–water partition coefficient (Wildman–Crippen LogP) is 0.948. The SMILES string of the molecule is CN1C(=O)COC(C(=O)O)C1c1cc(F)cc(F)c1. The second kappa shape index (κ2) is 4.93.